The van der Waals surface area contributed by atoms with Gasteiger partial charge in [0, 0.05) is 11.1 Å². The van der Waals surface area contributed by atoms with Crippen molar-refractivity contribution in [1.82, 2.24) is 10.2 Å². The topological polar surface area (TPSA) is 54.7 Å². The maximum Gasteiger partial charge on any atom is 0.115 e. The molecular formula is C8H8FN3. The molecule has 0 spiro atoms. The first-order valence-electron chi connectivity index (χ1n) is 3.58. The van der Waals surface area contributed by atoms with Crippen molar-refractivity contribution in [2.45, 2.75) is 6.67 Å². The molecule has 0 aliphatic heterocycles. The lowest BCUT2D eigenvalue weighted by Crippen LogP contribution is -1.88. The van der Waals surface area contributed by atoms with E-state index in [1.54, 1.807) is 18.3 Å². The van der Waals surface area contributed by atoms with Crippen molar-refractivity contribution in [2.75, 3.05) is 5.73 Å². The van der Waals surface area contributed by atoms with Gasteiger partial charge in [-0.05, 0) is 17.7 Å². The standard InChI is InChI=1S/C8H8FN3/c9-3-5-1-6(10)2-8-7(5)4-11-12-8/h1-2,4H,3,10H2,(H,11,12). The number of fused-ring (bicyclic) bond motifs is 1. The van der Waals surface area contributed by atoms with E-state index in [2.05, 4.69) is 10.2 Å². The van der Waals surface area contributed by atoms with Crippen LogP contribution in [0.2, 0.25) is 0 Å². The molecule has 0 fully saturated rings. The van der Waals surface area contributed by atoms with Crippen LogP contribution in [0, 0.1) is 0 Å². The molecule has 2 rings (SSSR count). The van der Waals surface area contributed by atoms with Gasteiger partial charge in [0.05, 0.1) is 11.7 Å². The molecule has 1 aromatic heterocycles. The average molecular weight is 165 g/mol. The summed E-state index contributed by atoms with van der Waals surface area (Å²) < 4.78 is 12.4. The van der Waals surface area contributed by atoms with Crippen LogP contribution in [0.1, 0.15) is 5.56 Å². The molecule has 3 N–H and O–H groups in total. The van der Waals surface area contributed by atoms with Crippen molar-refractivity contribution in [1.29, 1.82) is 0 Å². The van der Waals surface area contributed by atoms with Crippen molar-refractivity contribution in [2.24, 2.45) is 0 Å². The predicted octanol–water partition coefficient (Wildman–Crippen LogP) is 1.61. The van der Waals surface area contributed by atoms with E-state index in [0.717, 1.165) is 10.9 Å². The third kappa shape index (κ3) is 0.922. The summed E-state index contributed by atoms with van der Waals surface area (Å²) in [7, 11) is 0. The number of benzene rings is 1. The van der Waals surface area contributed by atoms with Crippen LogP contribution in [0.25, 0.3) is 10.9 Å². The Labute approximate surface area is 68.4 Å². The molecule has 0 aliphatic carbocycles. The zero-order chi connectivity index (χ0) is 8.55. The Kier molecular flexibility index (Phi) is 1.46. The van der Waals surface area contributed by atoms with Gasteiger partial charge in [0.1, 0.15) is 6.67 Å². The summed E-state index contributed by atoms with van der Waals surface area (Å²) in [5.41, 5.74) is 7.46. The highest BCUT2D eigenvalue weighted by molar-refractivity contribution is 5.84. The highest BCUT2D eigenvalue weighted by atomic mass is 19.1. The van der Waals surface area contributed by atoms with Crippen LogP contribution in [0.5, 0.6) is 0 Å². The quantitative estimate of drug-likeness (QED) is 0.631. The van der Waals surface area contributed by atoms with Crippen LogP contribution < -0.4 is 5.73 Å². The predicted molar refractivity (Wildman–Crippen MR) is 45.3 cm³/mol. The van der Waals surface area contributed by atoms with Crippen LogP contribution >= 0.6 is 0 Å². The number of alkyl halides is 1. The van der Waals surface area contributed by atoms with Gasteiger partial charge in [0.15, 0.2) is 0 Å². The van der Waals surface area contributed by atoms with Crippen LogP contribution in [-0.4, -0.2) is 10.2 Å². The molecule has 0 aliphatic rings. The Bertz CT molecular complexity index is 408. The number of anilines is 1. The van der Waals surface area contributed by atoms with Crippen LogP contribution in [0.3, 0.4) is 0 Å². The largest absolute Gasteiger partial charge is 0.399 e. The van der Waals surface area contributed by atoms with Gasteiger partial charge in [0.2, 0.25) is 0 Å². The minimum atomic E-state index is -0.513. The first kappa shape index (κ1) is 7.09. The molecule has 0 amide bonds. The first-order valence-corrected chi connectivity index (χ1v) is 3.58. The molecular weight excluding hydrogens is 157 g/mol. The van der Waals surface area contributed by atoms with Crippen LogP contribution in [-0.2, 0) is 6.67 Å². The van der Waals surface area contributed by atoms with E-state index in [-0.39, 0.29) is 0 Å². The summed E-state index contributed by atoms with van der Waals surface area (Å²) in [4.78, 5) is 0. The summed E-state index contributed by atoms with van der Waals surface area (Å²) in [6, 6.07) is 3.36. The number of hydrogen-bond acceptors (Lipinski definition) is 2. The van der Waals surface area contributed by atoms with Crippen LogP contribution in [0.15, 0.2) is 18.3 Å². The summed E-state index contributed by atoms with van der Waals surface area (Å²) in [6.45, 7) is -0.513. The number of nitrogens with one attached hydrogen (secondary N) is 1. The molecule has 4 heteroatoms. The molecule has 3 nitrogen and oxygen atoms in total. The fourth-order valence-electron chi connectivity index (χ4n) is 1.26. The van der Waals surface area contributed by atoms with Gasteiger partial charge in [-0.3, -0.25) is 5.10 Å². The second-order valence-electron chi connectivity index (χ2n) is 2.64. The number of aromatic nitrogens is 2. The zero-order valence-corrected chi connectivity index (χ0v) is 6.34. The van der Waals surface area contributed by atoms with Crippen molar-refractivity contribution in [3.63, 3.8) is 0 Å². The number of H-pyrrole nitrogens is 1. The lowest BCUT2D eigenvalue weighted by molar-refractivity contribution is 0.488. The highest BCUT2D eigenvalue weighted by Crippen LogP contribution is 2.20. The minimum Gasteiger partial charge on any atom is -0.399 e. The van der Waals surface area contributed by atoms with Crippen molar-refractivity contribution >= 4 is 16.6 Å². The molecule has 0 radical (unpaired) electrons. The van der Waals surface area contributed by atoms with Gasteiger partial charge < -0.3 is 5.73 Å². The molecule has 0 saturated carbocycles. The van der Waals surface area contributed by atoms with Crippen molar-refractivity contribution in [3.05, 3.63) is 23.9 Å². The molecule has 12 heavy (non-hydrogen) atoms. The summed E-state index contributed by atoms with van der Waals surface area (Å²) >= 11 is 0. The van der Waals surface area contributed by atoms with Crippen LogP contribution in [0.4, 0.5) is 10.1 Å². The third-order valence-corrected chi connectivity index (χ3v) is 1.81. The Morgan fingerprint density at radius 3 is 3.08 bits per heavy atom. The number of halogens is 1. The van der Waals surface area contributed by atoms with Gasteiger partial charge in [0.25, 0.3) is 0 Å². The number of rotatable bonds is 1. The summed E-state index contributed by atoms with van der Waals surface area (Å²) in [5.74, 6) is 0. The van der Waals surface area contributed by atoms with E-state index >= 15 is 0 Å². The maximum absolute atomic E-state index is 12.4. The number of nitrogens with zero attached hydrogens (tertiary/aromatic N) is 1. The normalized spacial score (nSPS) is 10.8. The van der Waals surface area contributed by atoms with Gasteiger partial charge in [-0.25, -0.2) is 4.39 Å². The smallest absolute Gasteiger partial charge is 0.115 e. The Morgan fingerprint density at radius 1 is 1.50 bits per heavy atom. The second-order valence-corrected chi connectivity index (χ2v) is 2.64. The lowest BCUT2D eigenvalue weighted by atomic mass is 10.1. The van der Waals surface area contributed by atoms with Gasteiger partial charge in [-0.1, -0.05) is 0 Å². The second kappa shape index (κ2) is 2.48. The number of nitrogens with two attached hydrogens (primary N) is 1. The van der Waals surface area contributed by atoms with Gasteiger partial charge >= 0.3 is 0 Å². The fraction of sp³-hybridized carbons (Fsp3) is 0.125. The van der Waals surface area contributed by atoms with E-state index in [4.69, 9.17) is 5.73 Å². The monoisotopic (exact) mass is 165 g/mol. The average Bonchev–Trinajstić information content (AvgIpc) is 2.50. The minimum absolute atomic E-state index is 0.513. The number of aromatic amines is 1. The first-order chi connectivity index (χ1) is 5.81. The van der Waals surface area contributed by atoms with Crippen molar-refractivity contribution < 1.29 is 4.39 Å². The number of hydrogen-bond donors (Lipinski definition) is 2. The maximum atomic E-state index is 12.4. The number of nitrogen functional groups attached to an aromatic ring is 1. The van der Waals surface area contributed by atoms with Crippen molar-refractivity contribution in [3.8, 4) is 0 Å². The fourth-order valence-corrected chi connectivity index (χ4v) is 1.26. The van der Waals surface area contributed by atoms with E-state index in [1.165, 1.54) is 0 Å². The van der Waals surface area contributed by atoms with E-state index in [0.29, 0.717) is 11.3 Å². The molecule has 1 heterocycles. The highest BCUT2D eigenvalue weighted by Gasteiger charge is 2.03. The lowest BCUT2D eigenvalue weighted by Gasteiger charge is -1.98. The molecule has 0 saturated heterocycles. The Hall–Kier alpha value is -1.58. The SMILES string of the molecule is Nc1cc(CF)c2cn[nH]c2c1. The Morgan fingerprint density at radius 2 is 2.33 bits per heavy atom. The Balaban J connectivity index is 2.80. The van der Waals surface area contributed by atoms with Gasteiger partial charge in [-0.15, -0.1) is 0 Å². The molecule has 2 aromatic rings. The van der Waals surface area contributed by atoms with Gasteiger partial charge in [-0.2, -0.15) is 5.10 Å². The molecule has 1 aromatic carbocycles. The third-order valence-electron chi connectivity index (χ3n) is 1.81. The molecule has 0 bridgehead atoms. The summed E-state index contributed by atoms with van der Waals surface area (Å²) in [5, 5.41) is 7.34. The molecule has 0 unspecified atom stereocenters. The van der Waals surface area contributed by atoms with E-state index < -0.39 is 6.67 Å². The summed E-state index contributed by atoms with van der Waals surface area (Å²) in [6.07, 6.45) is 1.60. The molecule has 62 valence electrons. The zero-order valence-electron chi connectivity index (χ0n) is 6.34. The van der Waals surface area contributed by atoms with E-state index in [9.17, 15) is 4.39 Å². The van der Waals surface area contributed by atoms with E-state index in [1.807, 2.05) is 0 Å². The molecule has 0 atom stereocenters.